The number of rotatable bonds is 6. The molecule has 0 aromatic carbocycles. The fraction of sp³-hybridized carbons (Fsp3) is 0.615. The van der Waals surface area contributed by atoms with Crippen molar-refractivity contribution in [3.8, 4) is 0 Å². The largest absolute Gasteiger partial charge is 0.391 e. The van der Waals surface area contributed by atoms with Crippen LogP contribution in [0.2, 0.25) is 4.34 Å². The van der Waals surface area contributed by atoms with Crippen LogP contribution in [-0.2, 0) is 0 Å². The summed E-state index contributed by atoms with van der Waals surface area (Å²) in [5.74, 6) is 0.409. The Bertz CT molecular complexity index is 409. The number of urea groups is 1. The van der Waals surface area contributed by atoms with E-state index in [2.05, 4.69) is 10.6 Å². The summed E-state index contributed by atoms with van der Waals surface area (Å²) < 4.78 is 0.705. The molecule has 0 spiro atoms. The number of halogens is 1. The Kier molecular flexibility index (Phi) is 6.62. The predicted octanol–water partition coefficient (Wildman–Crippen LogP) is 3.17. The molecule has 0 radical (unpaired) electrons. The number of carbonyl (C=O) groups is 1. The van der Waals surface area contributed by atoms with E-state index in [0.29, 0.717) is 16.7 Å². The molecule has 2 amide bonds. The first-order valence-electron chi connectivity index (χ1n) is 6.36. The number of thiophene rings is 1. The minimum atomic E-state index is -0.503. The molecule has 0 fully saturated rings. The molecular formula is C13H21ClN2O2S. The van der Waals surface area contributed by atoms with Gasteiger partial charge in [-0.25, -0.2) is 4.79 Å². The number of carbonyl (C=O) groups excluding carboxylic acids is 1. The van der Waals surface area contributed by atoms with Crippen LogP contribution in [0.4, 0.5) is 4.79 Å². The molecule has 0 bridgehead atoms. The van der Waals surface area contributed by atoms with Gasteiger partial charge >= 0.3 is 6.03 Å². The van der Waals surface area contributed by atoms with Crippen LogP contribution in [0.1, 0.15) is 38.1 Å². The van der Waals surface area contributed by atoms with Crippen molar-refractivity contribution in [2.45, 2.75) is 39.3 Å². The Morgan fingerprint density at radius 2 is 2.11 bits per heavy atom. The van der Waals surface area contributed by atoms with Gasteiger partial charge in [-0.15, -0.1) is 11.3 Å². The van der Waals surface area contributed by atoms with Gasteiger partial charge in [0, 0.05) is 11.4 Å². The maximum atomic E-state index is 11.7. The van der Waals surface area contributed by atoms with E-state index < -0.39 is 6.10 Å². The molecule has 3 N–H and O–H groups in total. The molecule has 6 heteroatoms. The molecule has 4 nitrogen and oxygen atoms in total. The maximum Gasteiger partial charge on any atom is 0.315 e. The first kappa shape index (κ1) is 16.3. The Balaban J connectivity index is 2.31. The highest BCUT2D eigenvalue weighted by Gasteiger charge is 2.13. The molecule has 1 aromatic heterocycles. The zero-order chi connectivity index (χ0) is 14.4. The van der Waals surface area contributed by atoms with Crippen molar-refractivity contribution in [2.24, 2.45) is 5.92 Å². The fourth-order valence-electron chi connectivity index (χ4n) is 1.72. The van der Waals surface area contributed by atoms with Gasteiger partial charge in [-0.05, 0) is 31.4 Å². The summed E-state index contributed by atoms with van der Waals surface area (Å²) >= 11 is 7.29. The molecular weight excluding hydrogens is 284 g/mol. The third kappa shape index (κ3) is 6.27. The van der Waals surface area contributed by atoms with Crippen LogP contribution in [0.3, 0.4) is 0 Å². The molecule has 1 aromatic rings. The summed E-state index contributed by atoms with van der Waals surface area (Å²) in [7, 11) is 0. The van der Waals surface area contributed by atoms with Crippen LogP contribution in [-0.4, -0.2) is 23.8 Å². The van der Waals surface area contributed by atoms with Crippen LogP contribution in [0.5, 0.6) is 0 Å². The number of amides is 2. The zero-order valence-electron chi connectivity index (χ0n) is 11.4. The van der Waals surface area contributed by atoms with Gasteiger partial charge in [0.05, 0.1) is 16.5 Å². The number of aliphatic hydroxyl groups excluding tert-OH is 1. The molecule has 19 heavy (non-hydrogen) atoms. The van der Waals surface area contributed by atoms with Crippen molar-refractivity contribution in [3.63, 3.8) is 0 Å². The number of aliphatic hydroxyl groups is 1. The average Bonchev–Trinajstić information content (AvgIpc) is 2.72. The van der Waals surface area contributed by atoms with Crippen LogP contribution in [0, 0.1) is 5.92 Å². The third-order valence-corrected chi connectivity index (χ3v) is 4.02. The Morgan fingerprint density at radius 1 is 1.42 bits per heavy atom. The van der Waals surface area contributed by atoms with Gasteiger partial charge in [-0.2, -0.15) is 0 Å². The van der Waals surface area contributed by atoms with E-state index in [9.17, 15) is 9.90 Å². The molecule has 2 atom stereocenters. The van der Waals surface area contributed by atoms with Gasteiger partial charge in [0.15, 0.2) is 0 Å². The highest BCUT2D eigenvalue weighted by atomic mass is 35.5. The molecule has 0 saturated heterocycles. The Morgan fingerprint density at radius 3 is 2.63 bits per heavy atom. The van der Waals surface area contributed by atoms with E-state index in [4.69, 9.17) is 11.6 Å². The first-order chi connectivity index (χ1) is 8.88. The topological polar surface area (TPSA) is 61.4 Å². The van der Waals surface area contributed by atoms with Crippen LogP contribution >= 0.6 is 22.9 Å². The minimum absolute atomic E-state index is 0.0975. The third-order valence-electron chi connectivity index (χ3n) is 2.61. The van der Waals surface area contributed by atoms with Crippen molar-refractivity contribution in [2.75, 3.05) is 6.54 Å². The van der Waals surface area contributed by atoms with E-state index in [0.717, 1.165) is 4.88 Å². The summed E-state index contributed by atoms with van der Waals surface area (Å²) in [5.41, 5.74) is 0. The summed E-state index contributed by atoms with van der Waals surface area (Å²) in [4.78, 5) is 12.7. The van der Waals surface area contributed by atoms with Crippen molar-refractivity contribution in [3.05, 3.63) is 21.3 Å². The first-order valence-corrected chi connectivity index (χ1v) is 7.55. The Hall–Kier alpha value is -0.780. The summed E-state index contributed by atoms with van der Waals surface area (Å²) in [6, 6.07) is 3.33. The molecule has 0 aliphatic carbocycles. The predicted molar refractivity (Wildman–Crippen MR) is 79.7 cm³/mol. The van der Waals surface area contributed by atoms with Gasteiger partial charge in [0.1, 0.15) is 0 Å². The van der Waals surface area contributed by atoms with E-state index in [1.165, 1.54) is 11.3 Å². The van der Waals surface area contributed by atoms with E-state index in [1.807, 2.05) is 32.9 Å². The Labute approximate surface area is 123 Å². The summed E-state index contributed by atoms with van der Waals surface area (Å²) in [6.45, 7) is 6.23. The van der Waals surface area contributed by atoms with Gasteiger partial charge in [-0.3, -0.25) is 0 Å². The lowest BCUT2D eigenvalue weighted by Gasteiger charge is -2.16. The van der Waals surface area contributed by atoms with Crippen LogP contribution < -0.4 is 10.6 Å². The van der Waals surface area contributed by atoms with Gasteiger partial charge in [0.25, 0.3) is 0 Å². The molecule has 0 saturated carbocycles. The molecule has 1 heterocycles. The highest BCUT2D eigenvalue weighted by Crippen LogP contribution is 2.26. The maximum absolute atomic E-state index is 11.7. The van der Waals surface area contributed by atoms with Crippen LogP contribution in [0.15, 0.2) is 12.1 Å². The van der Waals surface area contributed by atoms with Crippen molar-refractivity contribution < 1.29 is 9.90 Å². The van der Waals surface area contributed by atoms with E-state index in [-0.39, 0.29) is 18.6 Å². The number of hydrogen-bond donors (Lipinski definition) is 3. The number of hydrogen-bond acceptors (Lipinski definition) is 3. The second-order valence-electron chi connectivity index (χ2n) is 5.00. The molecule has 1 rings (SSSR count). The van der Waals surface area contributed by atoms with Gasteiger partial charge in [0.2, 0.25) is 0 Å². The lowest BCUT2D eigenvalue weighted by atomic mass is 10.1. The van der Waals surface area contributed by atoms with Crippen molar-refractivity contribution in [1.29, 1.82) is 0 Å². The number of nitrogens with one attached hydrogen (secondary N) is 2. The van der Waals surface area contributed by atoms with Crippen LogP contribution in [0.25, 0.3) is 0 Å². The fourth-order valence-corrected chi connectivity index (χ4v) is 2.78. The average molecular weight is 305 g/mol. The molecule has 0 aliphatic heterocycles. The lowest BCUT2D eigenvalue weighted by molar-refractivity contribution is 0.146. The quantitative estimate of drug-likeness (QED) is 0.756. The van der Waals surface area contributed by atoms with Crippen molar-refractivity contribution >= 4 is 29.0 Å². The highest BCUT2D eigenvalue weighted by molar-refractivity contribution is 7.16. The minimum Gasteiger partial charge on any atom is -0.391 e. The second-order valence-corrected chi connectivity index (χ2v) is 6.75. The van der Waals surface area contributed by atoms with Crippen molar-refractivity contribution in [1.82, 2.24) is 10.6 Å². The molecule has 2 unspecified atom stereocenters. The SMILES string of the molecule is CC(C)CC(O)CNC(=O)NC(C)c1ccc(Cl)s1. The van der Waals surface area contributed by atoms with Gasteiger partial charge < -0.3 is 15.7 Å². The smallest absolute Gasteiger partial charge is 0.315 e. The normalized spacial score (nSPS) is 14.2. The van der Waals surface area contributed by atoms with E-state index in [1.54, 1.807) is 0 Å². The molecule has 108 valence electrons. The lowest BCUT2D eigenvalue weighted by Crippen LogP contribution is -2.40. The summed E-state index contributed by atoms with van der Waals surface area (Å²) in [6.07, 6.45) is 0.174. The molecule has 0 aliphatic rings. The second kappa shape index (κ2) is 7.72. The monoisotopic (exact) mass is 304 g/mol. The summed E-state index contributed by atoms with van der Waals surface area (Å²) in [5, 5.41) is 15.1. The standard InChI is InChI=1S/C13H21ClN2O2S/c1-8(2)6-10(17)7-15-13(18)16-9(3)11-4-5-12(14)19-11/h4-5,8-10,17H,6-7H2,1-3H3,(H2,15,16,18). The zero-order valence-corrected chi connectivity index (χ0v) is 13.0. The van der Waals surface area contributed by atoms with Gasteiger partial charge in [-0.1, -0.05) is 25.4 Å². The van der Waals surface area contributed by atoms with E-state index >= 15 is 0 Å².